The average Bonchev–Trinajstić information content (AvgIpc) is 2.89. The molecule has 0 unspecified atom stereocenters. The van der Waals surface area contributed by atoms with Gasteiger partial charge in [0.25, 0.3) is 0 Å². The average molecular weight is 591 g/mol. The summed E-state index contributed by atoms with van der Waals surface area (Å²) in [4.78, 5) is 22.0. The molecule has 11 heteroatoms. The maximum Gasteiger partial charge on any atom is 0.243 e. The number of hydrogen-bond donors (Lipinski definition) is 2. The van der Waals surface area contributed by atoms with Gasteiger partial charge in [-0.15, -0.1) is 0 Å². The van der Waals surface area contributed by atoms with Gasteiger partial charge in [0, 0.05) is 47.5 Å². The fraction of sp³-hybridized carbons (Fsp3) is 0.400. The van der Waals surface area contributed by atoms with E-state index >= 15 is 0 Å². The lowest BCUT2D eigenvalue weighted by atomic mass is 10.2. The van der Waals surface area contributed by atoms with Gasteiger partial charge in [-0.25, -0.2) is 0 Å². The Morgan fingerprint density at radius 1 is 0.707 bits per heavy atom. The van der Waals surface area contributed by atoms with E-state index in [-0.39, 0.29) is 11.8 Å². The summed E-state index contributed by atoms with van der Waals surface area (Å²) in [5.74, 6) is -0.188. The first-order valence-electron chi connectivity index (χ1n) is 13.3. The Kier molecular flexibility index (Phi) is 18.1. The summed E-state index contributed by atoms with van der Waals surface area (Å²) in [5, 5.41) is 5.60. The van der Waals surface area contributed by atoms with Crippen molar-refractivity contribution in [2.24, 2.45) is 0 Å². The maximum atomic E-state index is 11.0. The molecule has 2 amide bonds. The van der Waals surface area contributed by atoms with Crippen LogP contribution in [0.2, 0.25) is 0 Å². The molecular weight excluding hydrogens is 544 g/mol. The third-order valence-corrected chi connectivity index (χ3v) is 5.76. The van der Waals surface area contributed by atoms with Gasteiger partial charge in [-0.05, 0) is 12.2 Å². The standard InChI is InChI=1S/2C15H22N2O.H2O4S/c2*1-4-15(18)16-11-8-12-17(2,3)13-14-9-6-5-7-10-14;1-5(2,3)4/h2*4-7,9-10H,1,8,11-13H2,2-3H3;(H2,1,2,3,4). The monoisotopic (exact) mass is 590 g/mol. The summed E-state index contributed by atoms with van der Waals surface area (Å²) in [6.07, 6.45) is 4.56. The van der Waals surface area contributed by atoms with Gasteiger partial charge in [0.1, 0.15) is 13.1 Å². The number of nitrogens with one attached hydrogen (secondary N) is 2. The quantitative estimate of drug-likeness (QED) is 0.114. The van der Waals surface area contributed by atoms with E-state index in [1.807, 2.05) is 12.1 Å². The van der Waals surface area contributed by atoms with Gasteiger partial charge < -0.3 is 28.7 Å². The van der Waals surface area contributed by atoms with Crippen LogP contribution >= 0.6 is 0 Å². The van der Waals surface area contributed by atoms with Crippen molar-refractivity contribution < 1.29 is 36.1 Å². The predicted octanol–water partition coefficient (Wildman–Crippen LogP) is 2.57. The van der Waals surface area contributed by atoms with Crippen LogP contribution in [0, 0.1) is 0 Å². The van der Waals surface area contributed by atoms with Crippen molar-refractivity contribution in [3.8, 4) is 0 Å². The number of benzene rings is 2. The van der Waals surface area contributed by atoms with Crippen molar-refractivity contribution in [3.63, 3.8) is 0 Å². The van der Waals surface area contributed by atoms with Crippen LogP contribution in [0.3, 0.4) is 0 Å². The van der Waals surface area contributed by atoms with E-state index in [4.69, 9.17) is 17.5 Å². The Balaban J connectivity index is 0.000000671. The van der Waals surface area contributed by atoms with Crippen LogP contribution in [0.15, 0.2) is 86.0 Å². The molecule has 0 radical (unpaired) electrons. The highest BCUT2D eigenvalue weighted by molar-refractivity contribution is 7.79. The topological polar surface area (TPSA) is 138 Å². The first kappa shape index (κ1) is 37.6. The molecule has 2 aromatic carbocycles. The zero-order valence-electron chi connectivity index (χ0n) is 24.8. The minimum Gasteiger partial charge on any atom is -0.759 e. The zero-order valence-corrected chi connectivity index (χ0v) is 25.6. The molecule has 10 nitrogen and oxygen atoms in total. The van der Waals surface area contributed by atoms with E-state index in [9.17, 15) is 9.59 Å². The molecule has 2 N–H and O–H groups in total. The Bertz CT molecular complexity index is 1070. The smallest absolute Gasteiger partial charge is 0.243 e. The largest absolute Gasteiger partial charge is 0.759 e. The lowest BCUT2D eigenvalue weighted by molar-refractivity contribution is -0.903. The first-order valence-corrected chi connectivity index (χ1v) is 14.6. The van der Waals surface area contributed by atoms with Crippen LogP contribution in [0.25, 0.3) is 0 Å². The third-order valence-electron chi connectivity index (χ3n) is 5.76. The van der Waals surface area contributed by atoms with Crippen LogP contribution in [0.5, 0.6) is 0 Å². The number of quaternary nitrogens is 2. The van der Waals surface area contributed by atoms with Crippen molar-refractivity contribution in [3.05, 3.63) is 97.1 Å². The molecule has 0 heterocycles. The lowest BCUT2D eigenvalue weighted by Gasteiger charge is -2.30. The van der Waals surface area contributed by atoms with Gasteiger partial charge in [-0.2, -0.15) is 0 Å². The van der Waals surface area contributed by atoms with E-state index in [2.05, 4.69) is 101 Å². The maximum absolute atomic E-state index is 11.0. The molecule has 0 aliphatic carbocycles. The van der Waals surface area contributed by atoms with E-state index < -0.39 is 10.4 Å². The van der Waals surface area contributed by atoms with Crippen molar-refractivity contribution in [1.29, 1.82) is 0 Å². The van der Waals surface area contributed by atoms with Crippen LogP contribution in [-0.2, 0) is 33.1 Å². The van der Waals surface area contributed by atoms with E-state index in [1.165, 1.54) is 23.3 Å². The molecular formula is C30H46N4O6S. The molecule has 2 aromatic rings. The number of hydrogen-bond acceptors (Lipinski definition) is 6. The summed E-state index contributed by atoms with van der Waals surface area (Å²) in [5.41, 5.74) is 2.69. The fourth-order valence-electron chi connectivity index (χ4n) is 3.90. The first-order chi connectivity index (χ1) is 19.1. The summed E-state index contributed by atoms with van der Waals surface area (Å²) in [7, 11) is 3.68. The number of carbonyl (C=O) groups is 2. The highest BCUT2D eigenvalue weighted by atomic mass is 32.3. The Morgan fingerprint density at radius 3 is 1.27 bits per heavy atom. The fourth-order valence-corrected chi connectivity index (χ4v) is 3.90. The highest BCUT2D eigenvalue weighted by Gasteiger charge is 2.16. The van der Waals surface area contributed by atoms with Crippen LogP contribution in [-0.4, -0.2) is 92.7 Å². The van der Waals surface area contributed by atoms with Crippen LogP contribution in [0.4, 0.5) is 0 Å². The molecule has 0 fully saturated rings. The van der Waals surface area contributed by atoms with Gasteiger partial charge in [0.2, 0.25) is 11.8 Å². The van der Waals surface area contributed by atoms with Gasteiger partial charge in [0.05, 0.1) is 41.3 Å². The van der Waals surface area contributed by atoms with E-state index in [1.54, 1.807) is 0 Å². The van der Waals surface area contributed by atoms with Crippen LogP contribution in [0.1, 0.15) is 24.0 Å². The summed E-state index contributed by atoms with van der Waals surface area (Å²) in [6, 6.07) is 21.0. The van der Waals surface area contributed by atoms with Gasteiger partial charge in [-0.1, -0.05) is 73.8 Å². The van der Waals surface area contributed by atoms with Crippen molar-refractivity contribution in [1.82, 2.24) is 10.6 Å². The molecule has 0 saturated heterocycles. The SMILES string of the molecule is C=CC(=O)NCCC[N+](C)(C)Cc1ccccc1.C=CC(=O)NCCC[N+](C)(C)Cc1ccccc1.O=S(=O)([O-])[O-]. The Hall–Kier alpha value is -3.35. The molecule has 0 aromatic heterocycles. The lowest BCUT2D eigenvalue weighted by Crippen LogP contribution is -2.40. The number of amides is 2. The number of nitrogens with zero attached hydrogens (tertiary/aromatic N) is 2. The second-order valence-electron chi connectivity index (χ2n) is 10.7. The Morgan fingerprint density at radius 2 is 1.00 bits per heavy atom. The molecule has 0 aliphatic heterocycles. The molecule has 0 bridgehead atoms. The molecule has 0 atom stereocenters. The third kappa shape index (κ3) is 24.2. The normalized spacial score (nSPS) is 11.1. The molecule has 0 aliphatic rings. The molecule has 0 saturated carbocycles. The summed E-state index contributed by atoms with van der Waals surface area (Å²) >= 11 is 0. The highest BCUT2D eigenvalue weighted by Crippen LogP contribution is 2.10. The number of carbonyl (C=O) groups excluding carboxylic acids is 2. The van der Waals surface area contributed by atoms with Crippen molar-refractivity contribution in [2.45, 2.75) is 25.9 Å². The molecule has 0 spiro atoms. The summed E-state index contributed by atoms with van der Waals surface area (Å²) in [6.45, 7) is 12.4. The van der Waals surface area contributed by atoms with Crippen molar-refractivity contribution in [2.75, 3.05) is 54.4 Å². The molecule has 2 rings (SSSR count). The van der Waals surface area contributed by atoms with Crippen LogP contribution < -0.4 is 10.6 Å². The van der Waals surface area contributed by atoms with E-state index in [0.717, 1.165) is 48.0 Å². The van der Waals surface area contributed by atoms with E-state index in [0.29, 0.717) is 13.1 Å². The van der Waals surface area contributed by atoms with Gasteiger partial charge >= 0.3 is 0 Å². The van der Waals surface area contributed by atoms with Crippen molar-refractivity contribution >= 4 is 22.2 Å². The minimum atomic E-state index is -5.17. The second kappa shape index (κ2) is 19.7. The second-order valence-corrected chi connectivity index (χ2v) is 11.5. The predicted molar refractivity (Wildman–Crippen MR) is 160 cm³/mol. The number of rotatable bonds is 14. The molecule has 228 valence electrons. The van der Waals surface area contributed by atoms with Gasteiger partial charge in [-0.3, -0.25) is 18.0 Å². The minimum absolute atomic E-state index is 0.0941. The summed E-state index contributed by atoms with van der Waals surface area (Å²) < 4.78 is 35.9. The zero-order chi connectivity index (χ0) is 31.4. The Labute approximate surface area is 246 Å². The molecule has 41 heavy (non-hydrogen) atoms. The van der Waals surface area contributed by atoms with Gasteiger partial charge in [0.15, 0.2) is 0 Å².